The molecule has 3 rings (SSSR count). The molecular formula is C16H19Cl2F3N2O2. The van der Waals surface area contributed by atoms with Crippen molar-refractivity contribution in [3.05, 3.63) is 23.2 Å². The van der Waals surface area contributed by atoms with Gasteiger partial charge in [-0.05, 0) is 49.9 Å². The number of alkyl halides is 3. The molecule has 25 heavy (non-hydrogen) atoms. The maximum absolute atomic E-state index is 12.4. The van der Waals surface area contributed by atoms with Crippen molar-refractivity contribution in [2.24, 2.45) is 11.3 Å². The van der Waals surface area contributed by atoms with E-state index in [0.717, 1.165) is 32.4 Å². The third kappa shape index (κ3) is 4.92. The van der Waals surface area contributed by atoms with Crippen LogP contribution in [0.2, 0.25) is 5.02 Å². The summed E-state index contributed by atoms with van der Waals surface area (Å²) in [6, 6.07) is 4.24. The Morgan fingerprint density at radius 1 is 1.36 bits per heavy atom. The summed E-state index contributed by atoms with van der Waals surface area (Å²) in [4.78, 5) is 12.4. The molecule has 2 fully saturated rings. The number of carbonyl (C=O) groups is 1. The zero-order chi connectivity index (χ0) is 17.4. The van der Waals surface area contributed by atoms with Gasteiger partial charge in [0.1, 0.15) is 5.75 Å². The maximum Gasteiger partial charge on any atom is 0.422 e. The van der Waals surface area contributed by atoms with Gasteiger partial charge in [-0.2, -0.15) is 13.2 Å². The van der Waals surface area contributed by atoms with Gasteiger partial charge in [-0.25, -0.2) is 0 Å². The van der Waals surface area contributed by atoms with Gasteiger partial charge in [0.25, 0.3) is 0 Å². The van der Waals surface area contributed by atoms with Gasteiger partial charge in [-0.3, -0.25) is 4.79 Å². The van der Waals surface area contributed by atoms with Crippen molar-refractivity contribution in [3.8, 4) is 5.75 Å². The molecule has 1 aromatic rings. The summed E-state index contributed by atoms with van der Waals surface area (Å²) in [7, 11) is 0. The van der Waals surface area contributed by atoms with Crippen molar-refractivity contribution in [1.82, 2.24) is 5.32 Å². The molecule has 9 heteroatoms. The van der Waals surface area contributed by atoms with E-state index < -0.39 is 12.8 Å². The maximum atomic E-state index is 12.4. The molecule has 2 aliphatic rings. The second kappa shape index (κ2) is 7.60. The fourth-order valence-electron chi connectivity index (χ4n) is 3.29. The van der Waals surface area contributed by atoms with E-state index in [1.54, 1.807) is 0 Å². The molecule has 1 aliphatic carbocycles. The fraction of sp³-hybridized carbons (Fsp3) is 0.562. The van der Waals surface area contributed by atoms with Crippen molar-refractivity contribution >= 4 is 35.6 Å². The number of benzene rings is 1. The molecule has 0 aromatic heterocycles. The Labute approximate surface area is 154 Å². The Kier molecular flexibility index (Phi) is 6.12. The van der Waals surface area contributed by atoms with Crippen LogP contribution in [0.5, 0.6) is 5.75 Å². The lowest BCUT2D eigenvalue weighted by atomic mass is 9.92. The minimum atomic E-state index is -4.46. The lowest BCUT2D eigenvalue weighted by Crippen LogP contribution is -2.31. The second-order valence-corrected chi connectivity index (χ2v) is 6.84. The minimum Gasteiger partial charge on any atom is -0.482 e. The molecule has 1 atom stereocenters. The highest BCUT2D eigenvalue weighted by Gasteiger charge is 2.57. The molecule has 1 saturated carbocycles. The first-order chi connectivity index (χ1) is 11.3. The van der Waals surface area contributed by atoms with Crippen LogP contribution in [0.4, 0.5) is 18.9 Å². The predicted octanol–water partition coefficient (Wildman–Crippen LogP) is 4.03. The molecule has 1 aromatic carbocycles. The quantitative estimate of drug-likeness (QED) is 0.804. The summed E-state index contributed by atoms with van der Waals surface area (Å²) in [5.41, 5.74) is 0.263. The summed E-state index contributed by atoms with van der Waals surface area (Å²) in [5, 5.41) is 6.20. The molecule has 1 unspecified atom stereocenters. The zero-order valence-corrected chi connectivity index (χ0v) is 14.9. The van der Waals surface area contributed by atoms with Gasteiger partial charge in [-0.1, -0.05) is 11.6 Å². The van der Waals surface area contributed by atoms with E-state index in [1.807, 2.05) is 0 Å². The predicted molar refractivity (Wildman–Crippen MR) is 91.5 cm³/mol. The molecule has 0 radical (unpaired) electrons. The average Bonchev–Trinajstić information content (AvgIpc) is 3.20. The summed E-state index contributed by atoms with van der Waals surface area (Å²) in [6.45, 7) is 0.352. The van der Waals surface area contributed by atoms with E-state index >= 15 is 0 Å². The van der Waals surface area contributed by atoms with Crippen molar-refractivity contribution in [2.75, 3.05) is 25.0 Å². The Morgan fingerprint density at radius 2 is 2.04 bits per heavy atom. The molecule has 4 nitrogen and oxygen atoms in total. The first kappa shape index (κ1) is 20.1. The van der Waals surface area contributed by atoms with Crippen LogP contribution in [-0.4, -0.2) is 31.8 Å². The van der Waals surface area contributed by atoms with Crippen LogP contribution in [0.3, 0.4) is 0 Å². The standard InChI is InChI=1S/C16H18ClF3N2O2.ClH/c17-10-1-2-12(13(7-10)24-9-16(18,19)20)22-14(23)11-8-15(11)3-5-21-6-4-15;/h1-2,7,11,21H,3-6,8-9H2,(H,22,23);1H. The van der Waals surface area contributed by atoms with Crippen LogP contribution in [0.1, 0.15) is 19.3 Å². The monoisotopic (exact) mass is 398 g/mol. The molecule has 1 spiro atoms. The number of piperidine rings is 1. The first-order valence-corrected chi connectivity index (χ1v) is 8.18. The number of hydrogen-bond acceptors (Lipinski definition) is 3. The van der Waals surface area contributed by atoms with Crippen LogP contribution in [0.25, 0.3) is 0 Å². The van der Waals surface area contributed by atoms with E-state index in [-0.39, 0.29) is 46.1 Å². The molecule has 1 heterocycles. The van der Waals surface area contributed by atoms with Gasteiger partial charge >= 0.3 is 6.18 Å². The van der Waals surface area contributed by atoms with Crippen molar-refractivity contribution in [2.45, 2.75) is 25.4 Å². The lowest BCUT2D eigenvalue weighted by Gasteiger charge is -2.23. The highest BCUT2D eigenvalue weighted by atomic mass is 35.5. The van der Waals surface area contributed by atoms with Crippen molar-refractivity contribution in [3.63, 3.8) is 0 Å². The van der Waals surface area contributed by atoms with Crippen molar-refractivity contribution < 1.29 is 22.7 Å². The summed E-state index contributed by atoms with van der Waals surface area (Å²) in [5.74, 6) is -0.338. The van der Waals surface area contributed by atoms with Gasteiger partial charge in [0.05, 0.1) is 5.69 Å². The number of carbonyl (C=O) groups excluding carboxylic acids is 1. The first-order valence-electron chi connectivity index (χ1n) is 7.80. The number of anilines is 1. The molecule has 1 saturated heterocycles. The Hall–Kier alpha value is -1.18. The van der Waals surface area contributed by atoms with E-state index in [4.69, 9.17) is 16.3 Å². The Balaban J connectivity index is 0.00000225. The fourth-order valence-corrected chi connectivity index (χ4v) is 3.46. The Bertz CT molecular complexity index is 634. The van der Waals surface area contributed by atoms with Gasteiger partial charge in [-0.15, -0.1) is 12.4 Å². The van der Waals surface area contributed by atoms with Crippen LogP contribution in [-0.2, 0) is 4.79 Å². The van der Waals surface area contributed by atoms with Gasteiger partial charge in [0.15, 0.2) is 6.61 Å². The summed E-state index contributed by atoms with van der Waals surface area (Å²) >= 11 is 5.81. The van der Waals surface area contributed by atoms with E-state index in [1.165, 1.54) is 18.2 Å². The summed E-state index contributed by atoms with van der Waals surface area (Å²) < 4.78 is 41.9. The highest BCUT2D eigenvalue weighted by Crippen LogP contribution is 2.58. The van der Waals surface area contributed by atoms with Crippen LogP contribution in [0.15, 0.2) is 18.2 Å². The normalized spacial score (nSPS) is 21.4. The van der Waals surface area contributed by atoms with Gasteiger partial charge in [0.2, 0.25) is 5.91 Å². The zero-order valence-electron chi connectivity index (χ0n) is 13.3. The van der Waals surface area contributed by atoms with Crippen molar-refractivity contribution in [1.29, 1.82) is 0 Å². The SMILES string of the molecule is Cl.O=C(Nc1ccc(Cl)cc1OCC(F)(F)F)C1CC12CCNCC2. The molecule has 0 bridgehead atoms. The van der Waals surface area contributed by atoms with Crippen LogP contribution in [0, 0.1) is 11.3 Å². The second-order valence-electron chi connectivity index (χ2n) is 6.40. The third-order valence-electron chi connectivity index (χ3n) is 4.70. The third-order valence-corrected chi connectivity index (χ3v) is 4.93. The topological polar surface area (TPSA) is 50.4 Å². The van der Waals surface area contributed by atoms with Gasteiger partial charge in [0, 0.05) is 17.0 Å². The molecule has 2 N–H and O–H groups in total. The number of nitrogens with one attached hydrogen (secondary N) is 2. The number of halogens is 5. The number of rotatable bonds is 4. The lowest BCUT2D eigenvalue weighted by molar-refractivity contribution is -0.153. The Morgan fingerprint density at radius 3 is 2.68 bits per heavy atom. The van der Waals surface area contributed by atoms with E-state index in [2.05, 4.69) is 10.6 Å². The number of ether oxygens (including phenoxy) is 1. The minimum absolute atomic E-state index is 0. The molecule has 1 aliphatic heterocycles. The molecular weight excluding hydrogens is 380 g/mol. The smallest absolute Gasteiger partial charge is 0.422 e. The number of amides is 1. The average molecular weight is 399 g/mol. The summed E-state index contributed by atoms with van der Waals surface area (Å²) in [6.07, 6.45) is -1.74. The van der Waals surface area contributed by atoms with Crippen LogP contribution < -0.4 is 15.4 Å². The highest BCUT2D eigenvalue weighted by molar-refractivity contribution is 6.30. The van der Waals surface area contributed by atoms with E-state index in [0.29, 0.717) is 0 Å². The molecule has 1 amide bonds. The molecule has 140 valence electrons. The van der Waals surface area contributed by atoms with Gasteiger partial charge < -0.3 is 15.4 Å². The number of hydrogen-bond donors (Lipinski definition) is 2. The van der Waals surface area contributed by atoms with E-state index in [9.17, 15) is 18.0 Å². The largest absolute Gasteiger partial charge is 0.482 e. The van der Waals surface area contributed by atoms with Crippen LogP contribution >= 0.6 is 24.0 Å².